The van der Waals surface area contributed by atoms with Gasteiger partial charge >= 0.3 is 0 Å². The van der Waals surface area contributed by atoms with Crippen LogP contribution in [0.15, 0.2) is 33.2 Å². The number of halogens is 3. The molecule has 1 heterocycles. The minimum Gasteiger partial charge on any atom is -0.376 e. The van der Waals surface area contributed by atoms with E-state index in [4.69, 9.17) is 17.3 Å². The van der Waals surface area contributed by atoms with E-state index >= 15 is 0 Å². The molecule has 0 amide bonds. The highest BCUT2D eigenvalue weighted by Gasteiger charge is 2.14. The summed E-state index contributed by atoms with van der Waals surface area (Å²) in [6.45, 7) is 2.57. The van der Waals surface area contributed by atoms with Gasteiger partial charge in [0.1, 0.15) is 4.34 Å². The molecule has 1 atom stereocenters. The predicted octanol–water partition coefficient (Wildman–Crippen LogP) is 5.35. The molecule has 0 aliphatic rings. The Labute approximate surface area is 138 Å². The van der Waals surface area contributed by atoms with Crippen molar-refractivity contribution in [3.8, 4) is 0 Å². The van der Waals surface area contributed by atoms with E-state index in [1.807, 2.05) is 12.1 Å². The molecule has 3 N–H and O–H groups in total. The van der Waals surface area contributed by atoms with E-state index in [1.165, 1.54) is 16.9 Å². The summed E-state index contributed by atoms with van der Waals surface area (Å²) in [5, 5.41) is 3.44. The van der Waals surface area contributed by atoms with E-state index in [1.54, 1.807) is 0 Å². The largest absolute Gasteiger partial charge is 0.376 e. The molecule has 0 aliphatic carbocycles. The van der Waals surface area contributed by atoms with Gasteiger partial charge in [-0.15, -0.1) is 11.3 Å². The summed E-state index contributed by atoms with van der Waals surface area (Å²) >= 11 is 14.5. The Bertz CT molecular complexity index is 546. The fourth-order valence-corrected chi connectivity index (χ4v) is 4.21. The van der Waals surface area contributed by atoms with Gasteiger partial charge in [0.15, 0.2) is 0 Å². The normalized spacial score (nSPS) is 12.5. The van der Waals surface area contributed by atoms with Gasteiger partial charge in [0, 0.05) is 26.1 Å². The first-order valence-corrected chi connectivity index (χ1v) is 8.46. The predicted molar refractivity (Wildman–Crippen MR) is 91.3 cm³/mol. The molecule has 0 saturated carbocycles. The number of benzene rings is 1. The minimum atomic E-state index is 0.0579. The summed E-state index contributed by atoms with van der Waals surface area (Å²) in [5.41, 5.74) is 8.10. The average Bonchev–Trinajstić information content (AvgIpc) is 2.65. The summed E-state index contributed by atoms with van der Waals surface area (Å²) in [4.78, 5) is 1.12. The van der Waals surface area contributed by atoms with Crippen LogP contribution in [0.2, 0.25) is 4.34 Å². The van der Waals surface area contributed by atoms with Crippen molar-refractivity contribution in [1.82, 2.24) is 0 Å². The van der Waals surface area contributed by atoms with Crippen LogP contribution < -0.4 is 11.1 Å². The van der Waals surface area contributed by atoms with Crippen LogP contribution in [0, 0.1) is 6.92 Å². The molecular weight excluding hydrogens is 411 g/mol. The van der Waals surface area contributed by atoms with Crippen molar-refractivity contribution in [3.63, 3.8) is 0 Å². The number of anilines is 1. The van der Waals surface area contributed by atoms with Gasteiger partial charge in [0.25, 0.3) is 0 Å². The molecule has 1 aromatic carbocycles. The molecule has 19 heavy (non-hydrogen) atoms. The maximum atomic E-state index is 6.08. The van der Waals surface area contributed by atoms with Crippen molar-refractivity contribution in [2.24, 2.45) is 5.73 Å². The van der Waals surface area contributed by atoms with Crippen LogP contribution in [-0.4, -0.2) is 6.54 Å². The molecule has 0 saturated heterocycles. The first-order chi connectivity index (χ1) is 8.99. The van der Waals surface area contributed by atoms with Crippen molar-refractivity contribution in [1.29, 1.82) is 0 Å². The lowest BCUT2D eigenvalue weighted by Crippen LogP contribution is -2.19. The molecule has 2 nitrogen and oxygen atoms in total. The van der Waals surface area contributed by atoms with Gasteiger partial charge in [0.05, 0.1) is 6.04 Å². The molecule has 1 unspecified atom stereocenters. The van der Waals surface area contributed by atoms with Crippen molar-refractivity contribution >= 4 is 60.5 Å². The zero-order valence-corrected chi connectivity index (χ0v) is 15.0. The lowest BCUT2D eigenvalue weighted by Gasteiger charge is -2.17. The molecule has 2 rings (SSSR count). The summed E-state index contributed by atoms with van der Waals surface area (Å²) in [7, 11) is 0. The summed E-state index contributed by atoms with van der Waals surface area (Å²) in [5.74, 6) is 0. The van der Waals surface area contributed by atoms with Gasteiger partial charge in [-0.2, -0.15) is 0 Å². The summed E-state index contributed by atoms with van der Waals surface area (Å²) in [6, 6.07) is 8.28. The van der Waals surface area contributed by atoms with Gasteiger partial charge in [-0.25, -0.2) is 0 Å². The smallest absolute Gasteiger partial charge is 0.107 e. The first-order valence-electron chi connectivity index (χ1n) is 5.68. The van der Waals surface area contributed by atoms with E-state index in [-0.39, 0.29) is 6.04 Å². The molecular formula is C13H13Br2ClN2S. The number of rotatable bonds is 4. The third-order valence-corrected chi connectivity index (χ3v) is 5.67. The number of hydrogen-bond acceptors (Lipinski definition) is 3. The Kier molecular flexibility index (Phi) is 5.31. The topological polar surface area (TPSA) is 38.0 Å². The minimum absolute atomic E-state index is 0.0579. The molecule has 0 aliphatic heterocycles. The lowest BCUT2D eigenvalue weighted by molar-refractivity contribution is 0.805. The highest BCUT2D eigenvalue weighted by molar-refractivity contribution is 9.10. The van der Waals surface area contributed by atoms with Crippen molar-refractivity contribution in [3.05, 3.63) is 48.0 Å². The van der Waals surface area contributed by atoms with E-state index in [2.05, 4.69) is 56.2 Å². The van der Waals surface area contributed by atoms with Crippen LogP contribution in [0.4, 0.5) is 5.69 Å². The third-order valence-electron chi connectivity index (χ3n) is 2.63. The Morgan fingerprint density at radius 1 is 1.32 bits per heavy atom. The average molecular weight is 425 g/mol. The summed E-state index contributed by atoms with van der Waals surface area (Å²) < 4.78 is 2.72. The van der Waals surface area contributed by atoms with Gasteiger partial charge in [-0.1, -0.05) is 27.5 Å². The number of aryl methyl sites for hydroxylation is 1. The quantitative estimate of drug-likeness (QED) is 0.695. The van der Waals surface area contributed by atoms with Crippen molar-refractivity contribution < 1.29 is 0 Å². The van der Waals surface area contributed by atoms with Crippen LogP contribution in [0.1, 0.15) is 16.5 Å². The highest BCUT2D eigenvalue weighted by atomic mass is 79.9. The second kappa shape index (κ2) is 6.59. The molecule has 6 heteroatoms. The maximum Gasteiger partial charge on any atom is 0.107 e. The number of hydrogen-bond donors (Lipinski definition) is 2. The van der Waals surface area contributed by atoms with Crippen LogP contribution >= 0.6 is 54.8 Å². The molecule has 2 aromatic rings. The second-order valence-corrected chi connectivity index (χ2v) is 7.68. The van der Waals surface area contributed by atoms with Gasteiger partial charge in [-0.3, -0.25) is 0 Å². The zero-order chi connectivity index (χ0) is 14.0. The lowest BCUT2D eigenvalue weighted by atomic mass is 10.2. The third kappa shape index (κ3) is 3.95. The Morgan fingerprint density at radius 3 is 2.58 bits per heavy atom. The van der Waals surface area contributed by atoms with E-state index < -0.39 is 0 Å². The van der Waals surface area contributed by atoms with E-state index in [0.29, 0.717) is 6.54 Å². The highest BCUT2D eigenvalue weighted by Crippen LogP contribution is 2.36. The van der Waals surface area contributed by atoms with Crippen molar-refractivity contribution in [2.75, 3.05) is 11.9 Å². The molecule has 0 spiro atoms. The molecule has 1 aromatic heterocycles. The first kappa shape index (κ1) is 15.3. The molecule has 102 valence electrons. The molecule has 0 bridgehead atoms. The van der Waals surface area contributed by atoms with Crippen LogP contribution in [0.25, 0.3) is 0 Å². The fraction of sp³-hybridized carbons (Fsp3) is 0.231. The standard InChI is InChI=1S/C13H13Br2ClN2S/c1-7-2-8(14)4-9(3-7)18-11(6-17)12-5-10(15)13(16)19-12/h2-5,11,18H,6,17H2,1H3. The molecule has 0 radical (unpaired) electrons. The number of nitrogens with one attached hydrogen (secondary N) is 1. The van der Waals surface area contributed by atoms with E-state index in [0.717, 1.165) is 23.8 Å². The van der Waals surface area contributed by atoms with Crippen LogP contribution in [0.5, 0.6) is 0 Å². The summed E-state index contributed by atoms with van der Waals surface area (Å²) in [6.07, 6.45) is 0. The second-order valence-electron chi connectivity index (χ2n) is 4.22. The van der Waals surface area contributed by atoms with Crippen molar-refractivity contribution in [2.45, 2.75) is 13.0 Å². The molecule has 0 fully saturated rings. The van der Waals surface area contributed by atoms with Gasteiger partial charge < -0.3 is 11.1 Å². The fourth-order valence-electron chi connectivity index (χ4n) is 1.80. The Balaban J connectivity index is 2.23. The van der Waals surface area contributed by atoms with Crippen LogP contribution in [0.3, 0.4) is 0 Å². The van der Waals surface area contributed by atoms with Gasteiger partial charge in [0.2, 0.25) is 0 Å². The van der Waals surface area contributed by atoms with E-state index in [9.17, 15) is 0 Å². The Hall–Kier alpha value is -0.0700. The Morgan fingerprint density at radius 2 is 2.05 bits per heavy atom. The SMILES string of the molecule is Cc1cc(Br)cc(NC(CN)c2cc(Br)c(Cl)s2)c1. The number of thiophene rings is 1. The van der Waals surface area contributed by atoms with Gasteiger partial charge in [-0.05, 0) is 52.7 Å². The number of nitrogens with two attached hydrogens (primary N) is 1. The van der Waals surface area contributed by atoms with Crippen LogP contribution in [-0.2, 0) is 0 Å². The monoisotopic (exact) mass is 422 g/mol. The maximum absolute atomic E-state index is 6.08. The zero-order valence-electron chi connectivity index (χ0n) is 10.2.